The zero-order valence-electron chi connectivity index (χ0n) is 15.6. The highest BCUT2D eigenvalue weighted by molar-refractivity contribution is 5.79. The SMILES string of the molecule is CCNC(=NCC1(N2CCOCC2)CCCCC1)NCCOCC. The van der Waals surface area contributed by atoms with E-state index in [4.69, 9.17) is 14.5 Å². The first-order chi connectivity index (χ1) is 11.8. The van der Waals surface area contributed by atoms with E-state index in [-0.39, 0.29) is 5.54 Å². The smallest absolute Gasteiger partial charge is 0.191 e. The van der Waals surface area contributed by atoms with Gasteiger partial charge in [-0.3, -0.25) is 9.89 Å². The normalized spacial score (nSPS) is 22.3. The number of ether oxygens (including phenoxy) is 2. The van der Waals surface area contributed by atoms with Crippen LogP contribution in [0, 0.1) is 0 Å². The molecule has 0 aromatic heterocycles. The van der Waals surface area contributed by atoms with Crippen LogP contribution in [-0.2, 0) is 9.47 Å². The minimum Gasteiger partial charge on any atom is -0.380 e. The minimum atomic E-state index is 0.226. The second kappa shape index (κ2) is 10.9. The molecule has 2 aliphatic rings. The lowest BCUT2D eigenvalue weighted by Gasteiger charge is -2.47. The minimum absolute atomic E-state index is 0.226. The maximum atomic E-state index is 5.56. The van der Waals surface area contributed by atoms with E-state index in [1.54, 1.807) is 0 Å². The van der Waals surface area contributed by atoms with Crippen LogP contribution in [0.5, 0.6) is 0 Å². The quantitative estimate of drug-likeness (QED) is 0.399. The van der Waals surface area contributed by atoms with Crippen LogP contribution in [0.25, 0.3) is 0 Å². The van der Waals surface area contributed by atoms with E-state index in [1.807, 2.05) is 6.92 Å². The molecule has 2 rings (SSSR count). The van der Waals surface area contributed by atoms with Crippen LogP contribution in [0.1, 0.15) is 46.0 Å². The van der Waals surface area contributed by atoms with Gasteiger partial charge < -0.3 is 20.1 Å². The van der Waals surface area contributed by atoms with E-state index in [9.17, 15) is 0 Å². The van der Waals surface area contributed by atoms with Gasteiger partial charge in [0.2, 0.25) is 0 Å². The largest absolute Gasteiger partial charge is 0.380 e. The average molecular weight is 341 g/mol. The maximum Gasteiger partial charge on any atom is 0.191 e. The van der Waals surface area contributed by atoms with Gasteiger partial charge in [0.1, 0.15) is 0 Å². The Morgan fingerprint density at radius 3 is 2.54 bits per heavy atom. The van der Waals surface area contributed by atoms with Crippen molar-refractivity contribution in [3.05, 3.63) is 0 Å². The van der Waals surface area contributed by atoms with Gasteiger partial charge in [-0.15, -0.1) is 0 Å². The Morgan fingerprint density at radius 1 is 1.12 bits per heavy atom. The van der Waals surface area contributed by atoms with Gasteiger partial charge in [-0.05, 0) is 26.7 Å². The van der Waals surface area contributed by atoms with Crippen LogP contribution in [-0.4, -0.2) is 75.5 Å². The van der Waals surface area contributed by atoms with Crippen molar-refractivity contribution in [1.82, 2.24) is 15.5 Å². The monoisotopic (exact) mass is 340 g/mol. The van der Waals surface area contributed by atoms with Crippen LogP contribution < -0.4 is 10.6 Å². The second-order valence-electron chi connectivity index (χ2n) is 6.70. The molecule has 6 nitrogen and oxygen atoms in total. The summed E-state index contributed by atoms with van der Waals surface area (Å²) >= 11 is 0. The fourth-order valence-electron chi connectivity index (χ4n) is 3.78. The van der Waals surface area contributed by atoms with Gasteiger partial charge in [0, 0.05) is 38.3 Å². The summed E-state index contributed by atoms with van der Waals surface area (Å²) in [5.41, 5.74) is 0.226. The van der Waals surface area contributed by atoms with Crippen molar-refractivity contribution in [3.8, 4) is 0 Å². The molecule has 1 saturated heterocycles. The van der Waals surface area contributed by atoms with Crippen molar-refractivity contribution in [2.75, 3.05) is 59.2 Å². The fraction of sp³-hybridized carbons (Fsp3) is 0.944. The van der Waals surface area contributed by atoms with Crippen LogP contribution in [0.15, 0.2) is 4.99 Å². The van der Waals surface area contributed by atoms with Gasteiger partial charge in [0.15, 0.2) is 5.96 Å². The van der Waals surface area contributed by atoms with E-state index in [0.717, 1.165) is 65.1 Å². The summed E-state index contributed by atoms with van der Waals surface area (Å²) in [6.07, 6.45) is 6.52. The number of aliphatic imine (C=N–C) groups is 1. The first-order valence-corrected chi connectivity index (χ1v) is 9.73. The van der Waals surface area contributed by atoms with Crippen LogP contribution in [0.2, 0.25) is 0 Å². The van der Waals surface area contributed by atoms with Gasteiger partial charge in [-0.25, -0.2) is 0 Å². The van der Waals surface area contributed by atoms with Crippen molar-refractivity contribution in [2.24, 2.45) is 4.99 Å². The summed E-state index contributed by atoms with van der Waals surface area (Å²) in [6, 6.07) is 0. The predicted molar refractivity (Wildman–Crippen MR) is 98.7 cm³/mol. The summed E-state index contributed by atoms with van der Waals surface area (Å²) in [5, 5.41) is 6.75. The number of hydrogen-bond acceptors (Lipinski definition) is 4. The molecule has 24 heavy (non-hydrogen) atoms. The molecular formula is C18H36N4O2. The molecule has 0 aromatic carbocycles. The van der Waals surface area contributed by atoms with Crippen molar-refractivity contribution in [1.29, 1.82) is 0 Å². The highest BCUT2D eigenvalue weighted by Crippen LogP contribution is 2.34. The van der Waals surface area contributed by atoms with E-state index < -0.39 is 0 Å². The molecule has 0 amide bonds. The first-order valence-electron chi connectivity index (χ1n) is 9.73. The number of rotatable bonds is 8. The lowest BCUT2D eigenvalue weighted by Crippen LogP contribution is -2.56. The molecule has 0 atom stereocenters. The standard InChI is InChI=1S/C18H36N4O2/c1-3-19-17(20-10-13-23-4-2)21-16-18(8-6-5-7-9-18)22-11-14-24-15-12-22/h3-16H2,1-2H3,(H2,19,20,21). The lowest BCUT2D eigenvalue weighted by molar-refractivity contribution is -0.0333. The summed E-state index contributed by atoms with van der Waals surface area (Å²) in [7, 11) is 0. The highest BCUT2D eigenvalue weighted by Gasteiger charge is 2.38. The summed E-state index contributed by atoms with van der Waals surface area (Å²) in [4.78, 5) is 7.58. The van der Waals surface area contributed by atoms with Crippen LogP contribution in [0.3, 0.4) is 0 Å². The van der Waals surface area contributed by atoms with Crippen LogP contribution >= 0.6 is 0 Å². The molecule has 2 N–H and O–H groups in total. The Kier molecular flexibility index (Phi) is 8.84. The summed E-state index contributed by atoms with van der Waals surface area (Å²) in [5.74, 6) is 0.912. The number of nitrogens with one attached hydrogen (secondary N) is 2. The maximum absolute atomic E-state index is 5.56. The third-order valence-corrected chi connectivity index (χ3v) is 5.08. The molecule has 0 spiro atoms. The Bertz CT molecular complexity index is 364. The molecule has 1 aliphatic heterocycles. The van der Waals surface area contributed by atoms with Gasteiger partial charge in [-0.2, -0.15) is 0 Å². The Hall–Kier alpha value is -0.850. The van der Waals surface area contributed by atoms with Gasteiger partial charge in [0.05, 0.1) is 26.4 Å². The zero-order valence-corrected chi connectivity index (χ0v) is 15.6. The van der Waals surface area contributed by atoms with Gasteiger partial charge in [0.25, 0.3) is 0 Å². The van der Waals surface area contributed by atoms with E-state index in [1.165, 1.54) is 32.1 Å². The van der Waals surface area contributed by atoms with Crippen molar-refractivity contribution in [2.45, 2.75) is 51.5 Å². The topological polar surface area (TPSA) is 58.1 Å². The van der Waals surface area contributed by atoms with Crippen molar-refractivity contribution >= 4 is 5.96 Å². The summed E-state index contributed by atoms with van der Waals surface area (Å²) < 4.78 is 11.0. The first kappa shape index (κ1) is 19.5. The molecule has 2 fully saturated rings. The number of morpholine rings is 1. The van der Waals surface area contributed by atoms with Crippen LogP contribution in [0.4, 0.5) is 0 Å². The number of nitrogens with zero attached hydrogens (tertiary/aromatic N) is 2. The molecular weight excluding hydrogens is 304 g/mol. The third-order valence-electron chi connectivity index (χ3n) is 5.08. The summed E-state index contributed by atoms with van der Waals surface area (Å²) in [6.45, 7) is 12.0. The van der Waals surface area contributed by atoms with E-state index in [2.05, 4.69) is 22.5 Å². The predicted octanol–water partition coefficient (Wildman–Crippen LogP) is 1.61. The lowest BCUT2D eigenvalue weighted by atomic mass is 9.80. The Labute approximate surface area is 147 Å². The van der Waals surface area contributed by atoms with E-state index in [0.29, 0.717) is 0 Å². The highest BCUT2D eigenvalue weighted by atomic mass is 16.5. The fourth-order valence-corrected chi connectivity index (χ4v) is 3.78. The average Bonchev–Trinajstić information content (AvgIpc) is 2.64. The molecule has 0 bridgehead atoms. The van der Waals surface area contributed by atoms with Gasteiger partial charge in [-0.1, -0.05) is 19.3 Å². The van der Waals surface area contributed by atoms with Crippen molar-refractivity contribution < 1.29 is 9.47 Å². The molecule has 0 radical (unpaired) electrons. The Morgan fingerprint density at radius 2 is 1.88 bits per heavy atom. The molecule has 1 heterocycles. The second-order valence-corrected chi connectivity index (χ2v) is 6.70. The molecule has 1 aliphatic carbocycles. The van der Waals surface area contributed by atoms with Crippen molar-refractivity contribution in [3.63, 3.8) is 0 Å². The molecule has 6 heteroatoms. The third kappa shape index (κ3) is 5.90. The number of guanidine groups is 1. The van der Waals surface area contributed by atoms with E-state index >= 15 is 0 Å². The Balaban J connectivity index is 1.97. The molecule has 0 aromatic rings. The molecule has 1 saturated carbocycles. The number of hydrogen-bond donors (Lipinski definition) is 2. The van der Waals surface area contributed by atoms with Gasteiger partial charge >= 0.3 is 0 Å². The molecule has 0 unspecified atom stereocenters. The molecule has 140 valence electrons. The zero-order chi connectivity index (χ0) is 17.1.